The third kappa shape index (κ3) is 2.18. The van der Waals surface area contributed by atoms with Gasteiger partial charge in [0.1, 0.15) is 41.0 Å². The molecule has 1 N–H and O–H groups in total. The molecule has 3 heterocycles. The van der Waals surface area contributed by atoms with Crippen molar-refractivity contribution in [2.75, 3.05) is 11.5 Å². The van der Waals surface area contributed by atoms with E-state index in [1.165, 1.54) is 12.1 Å². The number of rotatable bonds is 2. The van der Waals surface area contributed by atoms with E-state index < -0.39 is 17.1 Å². The number of carbonyl (C=O) groups is 1. The molecule has 0 radical (unpaired) electrons. The van der Waals surface area contributed by atoms with Crippen LogP contribution in [-0.4, -0.2) is 23.2 Å². The third-order valence-electron chi connectivity index (χ3n) is 7.38. The van der Waals surface area contributed by atoms with Crippen LogP contribution in [0.25, 0.3) is 0 Å². The van der Waals surface area contributed by atoms with E-state index in [2.05, 4.69) is 0 Å². The van der Waals surface area contributed by atoms with E-state index >= 15 is 0 Å². The summed E-state index contributed by atoms with van der Waals surface area (Å²) in [5.74, 6) is 0.893. The van der Waals surface area contributed by atoms with Gasteiger partial charge in [0.15, 0.2) is 0 Å². The van der Waals surface area contributed by atoms with Crippen molar-refractivity contribution >= 4 is 11.6 Å². The number of benzene rings is 3. The first kappa shape index (κ1) is 18.2. The van der Waals surface area contributed by atoms with E-state index in [1.54, 1.807) is 17.0 Å². The minimum atomic E-state index is -0.972. The van der Waals surface area contributed by atoms with Crippen LogP contribution in [0.15, 0.2) is 60.7 Å². The summed E-state index contributed by atoms with van der Waals surface area (Å²) in [5.41, 5.74) is 2.59. The SMILES string of the molecule is O=C1N(Cc2ccc(F)cc2)c2ccccc2C12COc1cc3c(cc12)C(O)C1(CC1)O3. The number of hydrogen-bond donors (Lipinski definition) is 1. The number of aliphatic hydroxyl groups excluding tert-OH is 1. The Morgan fingerprint density at radius 2 is 1.81 bits per heavy atom. The van der Waals surface area contributed by atoms with Gasteiger partial charge in [-0.1, -0.05) is 30.3 Å². The Bertz CT molecular complexity index is 1300. The fraction of sp³-hybridized carbons (Fsp3) is 0.269. The summed E-state index contributed by atoms with van der Waals surface area (Å²) in [6.45, 7) is 0.537. The number of para-hydroxylation sites is 1. The quantitative estimate of drug-likeness (QED) is 0.669. The molecule has 1 saturated carbocycles. The number of ether oxygens (including phenoxy) is 2. The first-order chi connectivity index (χ1) is 15.5. The molecule has 2 spiro atoms. The molecule has 3 aromatic rings. The number of fused-ring (bicyclic) bond motifs is 5. The summed E-state index contributed by atoms with van der Waals surface area (Å²) >= 11 is 0. The van der Waals surface area contributed by atoms with Crippen LogP contribution in [0.4, 0.5) is 10.1 Å². The summed E-state index contributed by atoms with van der Waals surface area (Å²) in [5, 5.41) is 10.9. The van der Waals surface area contributed by atoms with Gasteiger partial charge in [-0.15, -0.1) is 0 Å². The maximum absolute atomic E-state index is 14.0. The highest BCUT2D eigenvalue weighted by molar-refractivity contribution is 6.11. The van der Waals surface area contributed by atoms with Crippen LogP contribution in [0.2, 0.25) is 0 Å². The molecule has 7 rings (SSSR count). The zero-order chi connectivity index (χ0) is 21.7. The van der Waals surface area contributed by atoms with Crippen LogP contribution in [-0.2, 0) is 16.8 Å². The number of amides is 1. The molecule has 2 unspecified atom stereocenters. The monoisotopic (exact) mass is 429 g/mol. The predicted molar refractivity (Wildman–Crippen MR) is 114 cm³/mol. The van der Waals surface area contributed by atoms with Crippen molar-refractivity contribution in [3.63, 3.8) is 0 Å². The third-order valence-corrected chi connectivity index (χ3v) is 7.38. The van der Waals surface area contributed by atoms with Gasteiger partial charge in [0, 0.05) is 22.9 Å². The van der Waals surface area contributed by atoms with Crippen LogP contribution in [0.5, 0.6) is 11.5 Å². The second kappa shape index (κ2) is 5.90. The van der Waals surface area contributed by atoms with Crippen molar-refractivity contribution in [1.82, 2.24) is 0 Å². The van der Waals surface area contributed by atoms with E-state index in [0.29, 0.717) is 18.0 Å². The molecule has 0 aromatic heterocycles. The molecule has 0 saturated heterocycles. The Hall–Kier alpha value is -3.38. The second-order valence-electron chi connectivity index (χ2n) is 9.18. The lowest BCUT2D eigenvalue weighted by molar-refractivity contribution is -0.122. The molecule has 1 fully saturated rings. The fourth-order valence-corrected chi connectivity index (χ4v) is 5.51. The molecule has 6 heteroatoms. The molecular weight excluding hydrogens is 409 g/mol. The highest BCUT2D eigenvalue weighted by Gasteiger charge is 2.60. The molecule has 1 aliphatic carbocycles. The smallest absolute Gasteiger partial charge is 0.246 e. The molecule has 160 valence electrons. The van der Waals surface area contributed by atoms with Crippen molar-refractivity contribution in [1.29, 1.82) is 0 Å². The van der Waals surface area contributed by atoms with Crippen molar-refractivity contribution in [3.05, 3.63) is 88.7 Å². The number of carbonyl (C=O) groups excluding carboxylic acids is 1. The highest BCUT2D eigenvalue weighted by atomic mass is 19.1. The number of nitrogens with zero attached hydrogens (tertiary/aromatic N) is 1. The van der Waals surface area contributed by atoms with Gasteiger partial charge in [-0.2, -0.15) is 0 Å². The molecular formula is C26H20FNO4. The van der Waals surface area contributed by atoms with Crippen molar-refractivity contribution < 1.29 is 23.8 Å². The maximum Gasteiger partial charge on any atom is 0.246 e. The summed E-state index contributed by atoms with van der Waals surface area (Å²) in [4.78, 5) is 15.8. The van der Waals surface area contributed by atoms with Crippen molar-refractivity contribution in [2.45, 2.75) is 36.5 Å². The van der Waals surface area contributed by atoms with Gasteiger partial charge in [0.2, 0.25) is 5.91 Å². The van der Waals surface area contributed by atoms with E-state index in [4.69, 9.17) is 9.47 Å². The first-order valence-electron chi connectivity index (χ1n) is 10.9. The minimum absolute atomic E-state index is 0.0729. The van der Waals surface area contributed by atoms with Gasteiger partial charge in [-0.3, -0.25) is 4.79 Å². The summed E-state index contributed by atoms with van der Waals surface area (Å²) in [7, 11) is 0. The summed E-state index contributed by atoms with van der Waals surface area (Å²) < 4.78 is 25.5. The van der Waals surface area contributed by atoms with Gasteiger partial charge in [0.05, 0.1) is 6.54 Å². The molecule has 3 aromatic carbocycles. The number of aliphatic hydroxyl groups is 1. The molecule has 0 bridgehead atoms. The lowest BCUT2D eigenvalue weighted by atomic mass is 9.76. The molecule has 32 heavy (non-hydrogen) atoms. The van der Waals surface area contributed by atoms with E-state index in [0.717, 1.165) is 40.8 Å². The standard InChI is InChI=1S/C26H20FNO4/c27-16-7-5-15(6-8-16)13-28-20-4-2-1-3-18(20)26(24(28)30)14-31-22-12-21-17(11-19(22)26)23(29)25(32-21)9-10-25/h1-8,11-12,23,29H,9-10,13-14H2. The molecule has 4 aliphatic rings. The number of hydrogen-bond acceptors (Lipinski definition) is 4. The lowest BCUT2D eigenvalue weighted by Crippen LogP contribution is -2.42. The maximum atomic E-state index is 14.0. The molecule has 1 amide bonds. The van der Waals surface area contributed by atoms with Gasteiger partial charge >= 0.3 is 0 Å². The van der Waals surface area contributed by atoms with Gasteiger partial charge < -0.3 is 19.5 Å². The number of halogens is 1. The van der Waals surface area contributed by atoms with Crippen LogP contribution in [0, 0.1) is 5.82 Å². The zero-order valence-corrected chi connectivity index (χ0v) is 17.2. The first-order valence-corrected chi connectivity index (χ1v) is 10.9. The fourth-order valence-electron chi connectivity index (χ4n) is 5.51. The average molecular weight is 429 g/mol. The van der Waals surface area contributed by atoms with Crippen LogP contribution >= 0.6 is 0 Å². The van der Waals surface area contributed by atoms with E-state index in [-0.39, 0.29) is 18.3 Å². The number of anilines is 1. The summed E-state index contributed by atoms with van der Waals surface area (Å²) in [6.07, 6.45) is 0.960. The van der Waals surface area contributed by atoms with Gasteiger partial charge in [-0.05, 0) is 48.2 Å². The zero-order valence-electron chi connectivity index (χ0n) is 17.2. The normalized spacial score (nSPS) is 25.5. The van der Waals surface area contributed by atoms with Gasteiger partial charge in [0.25, 0.3) is 0 Å². The molecule has 3 aliphatic heterocycles. The predicted octanol–water partition coefficient (Wildman–Crippen LogP) is 4.01. The Morgan fingerprint density at radius 3 is 2.59 bits per heavy atom. The van der Waals surface area contributed by atoms with Crippen LogP contribution < -0.4 is 14.4 Å². The van der Waals surface area contributed by atoms with E-state index in [9.17, 15) is 14.3 Å². The Balaban J connectivity index is 1.36. The highest BCUT2D eigenvalue weighted by Crippen LogP contribution is 2.60. The largest absolute Gasteiger partial charge is 0.491 e. The Morgan fingerprint density at radius 1 is 1.03 bits per heavy atom. The lowest BCUT2D eigenvalue weighted by Gasteiger charge is -2.23. The minimum Gasteiger partial charge on any atom is -0.491 e. The van der Waals surface area contributed by atoms with Crippen molar-refractivity contribution in [2.24, 2.45) is 0 Å². The van der Waals surface area contributed by atoms with Gasteiger partial charge in [-0.25, -0.2) is 4.39 Å². The topological polar surface area (TPSA) is 59.0 Å². The molecule has 5 nitrogen and oxygen atoms in total. The van der Waals surface area contributed by atoms with Crippen LogP contribution in [0.1, 0.15) is 41.2 Å². The Labute approximate surface area is 184 Å². The Kier molecular flexibility index (Phi) is 3.36. The average Bonchev–Trinajstić information content (AvgIpc) is 3.34. The second-order valence-corrected chi connectivity index (χ2v) is 9.18. The van der Waals surface area contributed by atoms with E-state index in [1.807, 2.05) is 36.4 Å². The molecule has 2 atom stereocenters. The van der Waals surface area contributed by atoms with Crippen LogP contribution in [0.3, 0.4) is 0 Å². The van der Waals surface area contributed by atoms with Crippen molar-refractivity contribution in [3.8, 4) is 11.5 Å². The summed E-state index contributed by atoms with van der Waals surface area (Å²) in [6, 6.07) is 17.7.